The third-order valence-electron chi connectivity index (χ3n) is 8.98. The Kier molecular flexibility index (Phi) is 4.49. The third kappa shape index (κ3) is 5.05. The third-order valence-corrected chi connectivity index (χ3v) is 8.98. The molecule has 0 saturated heterocycles. The molecule has 3 aromatic carbocycles. The van der Waals surface area contributed by atoms with E-state index in [1.807, 2.05) is 36.4 Å². The van der Waals surface area contributed by atoms with Crippen molar-refractivity contribution in [2.75, 3.05) is 0 Å². The summed E-state index contributed by atoms with van der Waals surface area (Å²) in [5, 5.41) is 1.28. The lowest BCUT2D eigenvalue weighted by molar-refractivity contribution is 0.224. The Morgan fingerprint density at radius 3 is 2.37 bits per heavy atom. The maximum Gasteiger partial charge on any atom is 0.227 e. The van der Waals surface area contributed by atoms with Gasteiger partial charge < -0.3 is 4.42 Å². The van der Waals surface area contributed by atoms with E-state index in [1.54, 1.807) is 37.3 Å². The number of rotatable bonds is 4. The van der Waals surface area contributed by atoms with Crippen molar-refractivity contribution >= 4 is 22.1 Å². The average Bonchev–Trinajstić information content (AvgIpc) is 3.46. The van der Waals surface area contributed by atoms with Crippen molar-refractivity contribution in [3.8, 4) is 33.5 Å². The standard InChI is InChI=1S/C40H40N2O/c1-24-20-31(29-13-11-28(12-14-29)30-16-18-40(5,6)19-17-30)21-25(2)37(24)35-22-36(41-23-26(35)3)34-9-7-8-32-33-15-10-27(4)42-39(33)43-38(32)34/h7-15,20-23,30H,16-19H2,1-6H3/i1D3,3D3,4D3,30D. The van der Waals surface area contributed by atoms with E-state index in [0.717, 1.165) is 36.8 Å². The van der Waals surface area contributed by atoms with Gasteiger partial charge in [-0.05, 0) is 133 Å². The van der Waals surface area contributed by atoms with Crippen LogP contribution in [0.4, 0.5) is 0 Å². The lowest BCUT2D eigenvalue weighted by Gasteiger charge is -2.34. The second kappa shape index (κ2) is 10.5. The number of hydrogen-bond donors (Lipinski definition) is 0. The molecule has 0 amide bonds. The molecular formula is C40H40N2O. The minimum absolute atomic E-state index is 0.00837. The van der Waals surface area contributed by atoms with Crippen LogP contribution >= 0.6 is 0 Å². The first kappa shape index (κ1) is 18.4. The van der Waals surface area contributed by atoms with Crippen LogP contribution in [0.3, 0.4) is 0 Å². The molecule has 216 valence electrons. The van der Waals surface area contributed by atoms with Gasteiger partial charge in [-0.15, -0.1) is 0 Å². The Bertz CT molecular complexity index is 2360. The largest absolute Gasteiger partial charge is 0.437 e. The summed E-state index contributed by atoms with van der Waals surface area (Å²) in [5.74, 6) is -0.660. The minimum Gasteiger partial charge on any atom is -0.437 e. The first-order valence-corrected chi connectivity index (χ1v) is 14.7. The SMILES string of the molecule is [2H]C([2H])([2H])c1ccc2c(n1)oc1c(-c3cc(-c4c(C)cc(-c5ccc(C6([2H])CCC(C)(C)CC6)cc5)cc4C([2H])([2H])[2H])c(C([2H])([2H])[2H])cn3)cccc12. The summed E-state index contributed by atoms with van der Waals surface area (Å²) in [6.07, 6.45) is 4.79. The van der Waals surface area contributed by atoms with Crippen LogP contribution in [-0.2, 0) is 0 Å². The van der Waals surface area contributed by atoms with E-state index in [4.69, 9.17) is 16.8 Å². The van der Waals surface area contributed by atoms with Crippen molar-refractivity contribution in [3.63, 3.8) is 0 Å². The summed E-state index contributed by atoms with van der Waals surface area (Å²) in [6, 6.07) is 21.4. The molecule has 1 aliphatic rings. The first-order chi connectivity index (χ1) is 24.6. The first-order valence-electron chi connectivity index (χ1n) is 19.7. The van der Waals surface area contributed by atoms with Gasteiger partial charge in [-0.25, -0.2) is 4.98 Å². The second-order valence-corrected chi connectivity index (χ2v) is 12.5. The van der Waals surface area contributed by atoms with E-state index < -0.39 is 26.4 Å². The number of aromatic nitrogens is 2. The van der Waals surface area contributed by atoms with Crippen LogP contribution in [0, 0.1) is 32.9 Å². The van der Waals surface area contributed by atoms with Gasteiger partial charge in [0.2, 0.25) is 5.71 Å². The summed E-state index contributed by atoms with van der Waals surface area (Å²) in [7, 11) is 0. The molecule has 7 rings (SSSR count). The van der Waals surface area contributed by atoms with Crippen LogP contribution in [0.5, 0.6) is 0 Å². The van der Waals surface area contributed by atoms with Crippen LogP contribution in [0.25, 0.3) is 55.6 Å². The number of furan rings is 1. The lowest BCUT2D eigenvalue weighted by Crippen LogP contribution is -2.20. The highest BCUT2D eigenvalue weighted by Gasteiger charge is 2.27. The van der Waals surface area contributed by atoms with Gasteiger partial charge in [0.05, 0.1) is 5.69 Å². The molecule has 0 N–H and O–H groups in total. The Labute approximate surface area is 269 Å². The summed E-state index contributed by atoms with van der Waals surface area (Å²) in [4.78, 5) is 8.79. The molecule has 0 radical (unpaired) electrons. The van der Waals surface area contributed by atoms with Crippen LogP contribution in [-0.4, -0.2) is 9.97 Å². The monoisotopic (exact) mass is 574 g/mol. The number of para-hydroxylation sites is 1. The minimum atomic E-state index is -2.62. The van der Waals surface area contributed by atoms with Gasteiger partial charge in [-0.1, -0.05) is 62.4 Å². The Hall–Kier alpha value is -4.24. The molecular weight excluding hydrogens is 524 g/mol. The molecule has 3 heteroatoms. The maximum atomic E-state index is 9.19. The number of hydrogen-bond acceptors (Lipinski definition) is 3. The van der Waals surface area contributed by atoms with E-state index in [9.17, 15) is 1.37 Å². The molecule has 3 aromatic heterocycles. The number of pyridine rings is 2. The predicted octanol–water partition coefficient (Wildman–Crippen LogP) is 11.3. The van der Waals surface area contributed by atoms with Crippen LogP contribution < -0.4 is 0 Å². The lowest BCUT2D eigenvalue weighted by atomic mass is 9.71. The zero-order chi connectivity index (χ0) is 38.3. The second-order valence-electron chi connectivity index (χ2n) is 12.5. The number of fused-ring (bicyclic) bond motifs is 3. The molecule has 1 saturated carbocycles. The molecule has 3 heterocycles. The van der Waals surface area contributed by atoms with E-state index in [1.165, 1.54) is 12.3 Å². The molecule has 1 aliphatic carbocycles. The molecule has 0 atom stereocenters. The van der Waals surface area contributed by atoms with Crippen molar-refractivity contribution in [1.82, 2.24) is 9.97 Å². The van der Waals surface area contributed by atoms with Crippen molar-refractivity contribution in [3.05, 3.63) is 107 Å². The summed E-state index contributed by atoms with van der Waals surface area (Å²) in [5.41, 5.74) is 4.93. The summed E-state index contributed by atoms with van der Waals surface area (Å²) in [6.45, 7) is -1.37. The highest BCUT2D eigenvalue weighted by atomic mass is 16.3. The quantitative estimate of drug-likeness (QED) is 0.210. The average molecular weight is 575 g/mol. The van der Waals surface area contributed by atoms with Gasteiger partial charge in [0.15, 0.2) is 0 Å². The van der Waals surface area contributed by atoms with Gasteiger partial charge in [-0.2, -0.15) is 0 Å². The van der Waals surface area contributed by atoms with Gasteiger partial charge in [0.25, 0.3) is 0 Å². The molecule has 0 spiro atoms. The molecule has 0 unspecified atom stereocenters. The number of nitrogens with zero attached hydrogens (tertiary/aromatic N) is 2. The smallest absolute Gasteiger partial charge is 0.227 e. The predicted molar refractivity (Wildman–Crippen MR) is 180 cm³/mol. The van der Waals surface area contributed by atoms with E-state index in [2.05, 4.69) is 23.8 Å². The topological polar surface area (TPSA) is 38.9 Å². The van der Waals surface area contributed by atoms with Gasteiger partial charge in [-0.3, -0.25) is 4.98 Å². The Balaban J connectivity index is 1.36. The fraction of sp³-hybridized carbons (Fsp3) is 0.300. The molecule has 43 heavy (non-hydrogen) atoms. The van der Waals surface area contributed by atoms with Crippen LogP contribution in [0.15, 0.2) is 83.4 Å². The highest BCUT2D eigenvalue weighted by Crippen LogP contribution is 2.43. The maximum absolute atomic E-state index is 9.19. The van der Waals surface area contributed by atoms with Crippen LogP contribution in [0.2, 0.25) is 0 Å². The normalized spacial score (nSPS) is 20.4. The van der Waals surface area contributed by atoms with Crippen LogP contribution in [0.1, 0.15) is 87.1 Å². The summed E-state index contributed by atoms with van der Waals surface area (Å²) < 4.78 is 89.6. The Morgan fingerprint density at radius 1 is 0.814 bits per heavy atom. The van der Waals surface area contributed by atoms with Gasteiger partial charge >= 0.3 is 0 Å². The van der Waals surface area contributed by atoms with Crippen molar-refractivity contribution in [1.29, 1.82) is 0 Å². The molecule has 3 nitrogen and oxygen atoms in total. The zero-order valence-electron chi connectivity index (χ0n) is 34.6. The van der Waals surface area contributed by atoms with Gasteiger partial charge in [0, 0.05) is 41.9 Å². The van der Waals surface area contributed by atoms with E-state index in [0.29, 0.717) is 38.7 Å². The van der Waals surface area contributed by atoms with E-state index in [-0.39, 0.29) is 39.1 Å². The van der Waals surface area contributed by atoms with Gasteiger partial charge in [0.1, 0.15) is 5.58 Å². The molecule has 0 aliphatic heterocycles. The van der Waals surface area contributed by atoms with Crippen molar-refractivity contribution in [2.45, 2.75) is 72.9 Å². The van der Waals surface area contributed by atoms with E-state index >= 15 is 0 Å². The number of aryl methyl sites for hydroxylation is 4. The Morgan fingerprint density at radius 2 is 1.60 bits per heavy atom. The summed E-state index contributed by atoms with van der Waals surface area (Å²) >= 11 is 0. The fourth-order valence-electron chi connectivity index (χ4n) is 6.42. The molecule has 6 aromatic rings. The zero-order valence-corrected chi connectivity index (χ0v) is 24.6. The fourth-order valence-corrected chi connectivity index (χ4v) is 6.42. The highest BCUT2D eigenvalue weighted by molar-refractivity contribution is 6.08. The van der Waals surface area contributed by atoms with Crippen molar-refractivity contribution in [2.24, 2.45) is 5.41 Å². The number of benzene rings is 3. The molecule has 1 fully saturated rings. The molecule has 0 bridgehead atoms. The van der Waals surface area contributed by atoms with Crippen molar-refractivity contribution < 1.29 is 18.1 Å².